The van der Waals surface area contributed by atoms with Crippen LogP contribution in [0.25, 0.3) is 0 Å². The lowest BCUT2D eigenvalue weighted by Gasteiger charge is -2.33. The predicted molar refractivity (Wildman–Crippen MR) is 123 cm³/mol. The molecule has 0 saturated heterocycles. The third-order valence-corrected chi connectivity index (χ3v) is 6.47. The summed E-state index contributed by atoms with van der Waals surface area (Å²) in [6, 6.07) is 15.6. The van der Waals surface area contributed by atoms with Gasteiger partial charge in [0.1, 0.15) is 11.0 Å². The van der Waals surface area contributed by atoms with Gasteiger partial charge in [0.25, 0.3) is 0 Å². The normalized spacial score (nSPS) is 17.5. The van der Waals surface area contributed by atoms with E-state index in [-0.39, 0.29) is 11.9 Å². The van der Waals surface area contributed by atoms with Crippen LogP contribution in [-0.4, -0.2) is 32.6 Å². The minimum atomic E-state index is -0.412. The number of anilines is 1. The van der Waals surface area contributed by atoms with E-state index in [4.69, 9.17) is 4.74 Å². The van der Waals surface area contributed by atoms with Crippen molar-refractivity contribution >= 4 is 23.4 Å². The Hall–Kier alpha value is -3.00. The van der Waals surface area contributed by atoms with Gasteiger partial charge in [-0.05, 0) is 48.7 Å². The van der Waals surface area contributed by atoms with Gasteiger partial charge in [-0.2, -0.15) is 0 Å². The molecule has 0 unspecified atom stereocenters. The van der Waals surface area contributed by atoms with Crippen molar-refractivity contribution in [3.8, 4) is 5.75 Å². The van der Waals surface area contributed by atoms with E-state index in [0.29, 0.717) is 11.8 Å². The van der Waals surface area contributed by atoms with Crippen LogP contribution in [0.1, 0.15) is 43.8 Å². The fourth-order valence-electron chi connectivity index (χ4n) is 3.55. The summed E-state index contributed by atoms with van der Waals surface area (Å²) in [4.78, 5) is 13.3. The number of nitrogens with one attached hydrogen (secondary N) is 2. The molecule has 31 heavy (non-hydrogen) atoms. The van der Waals surface area contributed by atoms with E-state index in [1.165, 1.54) is 17.3 Å². The van der Waals surface area contributed by atoms with Gasteiger partial charge in [-0.25, -0.2) is 4.68 Å². The molecule has 1 amide bonds. The van der Waals surface area contributed by atoms with E-state index >= 15 is 0 Å². The number of ether oxygens (including phenoxy) is 1. The average Bonchev–Trinajstić information content (AvgIpc) is 3.21. The second-order valence-electron chi connectivity index (χ2n) is 7.27. The predicted octanol–water partition coefficient (Wildman–Crippen LogP) is 4.20. The quantitative estimate of drug-likeness (QED) is 0.577. The van der Waals surface area contributed by atoms with Crippen LogP contribution in [-0.2, 0) is 17.6 Å². The zero-order valence-electron chi connectivity index (χ0n) is 18.0. The largest absolute Gasteiger partial charge is 0.494 e. The van der Waals surface area contributed by atoms with E-state index in [1.807, 2.05) is 67.1 Å². The number of aryl methyl sites for hydroxylation is 2. The lowest BCUT2D eigenvalue weighted by Crippen LogP contribution is -2.41. The minimum Gasteiger partial charge on any atom is -0.494 e. The van der Waals surface area contributed by atoms with E-state index < -0.39 is 5.25 Å². The number of thioether (sulfide) groups is 1. The van der Waals surface area contributed by atoms with Crippen LogP contribution in [0, 0.1) is 0 Å². The van der Waals surface area contributed by atoms with Crippen molar-refractivity contribution in [1.29, 1.82) is 0 Å². The Morgan fingerprint density at radius 2 is 1.81 bits per heavy atom. The number of carbonyl (C=O) groups is 1. The maximum Gasteiger partial charge on any atom is 0.240 e. The molecule has 162 valence electrons. The Labute approximate surface area is 186 Å². The van der Waals surface area contributed by atoms with Crippen LogP contribution in [0.2, 0.25) is 0 Å². The first-order valence-corrected chi connectivity index (χ1v) is 11.5. The summed E-state index contributed by atoms with van der Waals surface area (Å²) in [7, 11) is 0. The number of nitrogens with zero attached hydrogens (tertiary/aromatic N) is 3. The molecule has 2 aromatic carbocycles. The molecule has 2 atom stereocenters. The first-order chi connectivity index (χ1) is 15.1. The number of rotatable bonds is 7. The monoisotopic (exact) mass is 437 g/mol. The molecule has 0 spiro atoms. The van der Waals surface area contributed by atoms with Gasteiger partial charge in [-0.15, -0.1) is 10.2 Å². The first-order valence-electron chi connectivity index (χ1n) is 10.6. The molecule has 0 fully saturated rings. The summed E-state index contributed by atoms with van der Waals surface area (Å²) in [6.45, 7) is 6.72. The van der Waals surface area contributed by atoms with Crippen molar-refractivity contribution < 1.29 is 9.53 Å². The summed E-state index contributed by atoms with van der Waals surface area (Å²) >= 11 is 1.43. The van der Waals surface area contributed by atoms with Crippen LogP contribution in [0.15, 0.2) is 53.7 Å². The molecule has 3 aromatic rings. The number of benzene rings is 2. The summed E-state index contributed by atoms with van der Waals surface area (Å²) in [5, 5.41) is 11.9. The molecule has 1 aromatic heterocycles. The van der Waals surface area contributed by atoms with Crippen molar-refractivity contribution in [3.63, 3.8) is 0 Å². The molecule has 7 nitrogen and oxygen atoms in total. The van der Waals surface area contributed by atoms with Crippen LogP contribution >= 0.6 is 11.8 Å². The van der Waals surface area contributed by atoms with Crippen LogP contribution < -0.4 is 15.5 Å². The Kier molecular flexibility index (Phi) is 6.46. The summed E-state index contributed by atoms with van der Waals surface area (Å²) in [5.74, 6) is 1.58. The first kappa shape index (κ1) is 21.2. The minimum absolute atomic E-state index is 0.0760. The van der Waals surface area contributed by atoms with Crippen molar-refractivity contribution in [2.45, 2.75) is 50.1 Å². The molecule has 1 aliphatic rings. The lowest BCUT2D eigenvalue weighted by molar-refractivity contribution is -0.116. The van der Waals surface area contributed by atoms with Crippen molar-refractivity contribution in [3.05, 3.63) is 65.5 Å². The highest BCUT2D eigenvalue weighted by atomic mass is 32.2. The van der Waals surface area contributed by atoms with Crippen LogP contribution in [0.5, 0.6) is 5.75 Å². The van der Waals surface area contributed by atoms with Gasteiger partial charge in [-0.3, -0.25) is 4.79 Å². The fourth-order valence-corrected chi connectivity index (χ4v) is 4.65. The third kappa shape index (κ3) is 4.54. The van der Waals surface area contributed by atoms with E-state index in [2.05, 4.69) is 27.9 Å². The number of fused-ring (bicyclic) bond motifs is 1. The Morgan fingerprint density at radius 1 is 1.06 bits per heavy atom. The molecule has 0 saturated carbocycles. The Bertz CT molecular complexity index is 1030. The average molecular weight is 438 g/mol. The van der Waals surface area contributed by atoms with Crippen molar-refractivity contribution in [2.75, 3.05) is 17.3 Å². The molecule has 2 heterocycles. The second kappa shape index (κ2) is 9.43. The number of aromatic nitrogens is 3. The lowest BCUT2D eigenvalue weighted by atomic mass is 10.0. The molecule has 0 aliphatic carbocycles. The summed E-state index contributed by atoms with van der Waals surface area (Å²) in [5.41, 5.74) is 6.49. The van der Waals surface area contributed by atoms with Crippen LogP contribution in [0.3, 0.4) is 0 Å². The topological polar surface area (TPSA) is 81.1 Å². The summed E-state index contributed by atoms with van der Waals surface area (Å²) in [6.07, 6.45) is 1.71. The van der Waals surface area contributed by atoms with Gasteiger partial charge < -0.3 is 15.5 Å². The number of carbonyl (C=O) groups excluding carboxylic acids is 1. The zero-order valence-corrected chi connectivity index (χ0v) is 18.8. The molecule has 1 aliphatic heterocycles. The van der Waals surface area contributed by atoms with E-state index in [1.54, 1.807) is 0 Å². The molecule has 8 heteroatoms. The fraction of sp³-hybridized carbons (Fsp3) is 0.348. The maximum absolute atomic E-state index is 13.3. The van der Waals surface area contributed by atoms with Gasteiger partial charge >= 0.3 is 0 Å². The van der Waals surface area contributed by atoms with Gasteiger partial charge in [0.2, 0.25) is 11.1 Å². The molecular formula is C23H27N5O2S. The highest BCUT2D eigenvalue weighted by Gasteiger charge is 2.37. The Morgan fingerprint density at radius 3 is 2.45 bits per heavy atom. The van der Waals surface area contributed by atoms with Crippen molar-refractivity contribution in [2.24, 2.45) is 0 Å². The number of amides is 1. The van der Waals surface area contributed by atoms with Gasteiger partial charge in [-0.1, -0.05) is 49.9 Å². The standard InChI is InChI=1S/C23H27N5O2S/c1-4-15-7-11-17(12-8-15)24-22(29)21-20(16-9-13-18(14-10-16)30-6-3)27-28-19(5-2)25-26-23(28)31-21/h7-14,20-21,27H,4-6H2,1-3H3,(H,24,29)/t20-,21+/m1/s1. The SMILES string of the molecule is CCOc1ccc([C@H]2Nn3c(CC)nnc3S[C@@H]2C(=O)Nc2ccc(CC)cc2)cc1. The highest BCUT2D eigenvalue weighted by molar-refractivity contribution is 8.00. The molecule has 0 radical (unpaired) electrons. The molecule has 2 N–H and O–H groups in total. The molecule has 4 rings (SSSR count). The maximum atomic E-state index is 13.3. The number of hydrogen-bond donors (Lipinski definition) is 2. The van der Waals surface area contributed by atoms with Gasteiger partial charge in [0.15, 0.2) is 5.82 Å². The van der Waals surface area contributed by atoms with Crippen LogP contribution in [0.4, 0.5) is 5.69 Å². The number of hydrogen-bond acceptors (Lipinski definition) is 6. The second-order valence-corrected chi connectivity index (χ2v) is 8.38. The van der Waals surface area contributed by atoms with E-state index in [9.17, 15) is 4.79 Å². The van der Waals surface area contributed by atoms with E-state index in [0.717, 1.165) is 35.7 Å². The van der Waals surface area contributed by atoms with Gasteiger partial charge in [0.05, 0.1) is 12.6 Å². The summed E-state index contributed by atoms with van der Waals surface area (Å²) < 4.78 is 7.47. The smallest absolute Gasteiger partial charge is 0.240 e. The highest BCUT2D eigenvalue weighted by Crippen LogP contribution is 2.38. The molecule has 0 bridgehead atoms. The van der Waals surface area contributed by atoms with Crippen molar-refractivity contribution in [1.82, 2.24) is 14.9 Å². The molecular weight excluding hydrogens is 410 g/mol. The Balaban J connectivity index is 1.62. The zero-order chi connectivity index (χ0) is 21.8. The van der Waals surface area contributed by atoms with Gasteiger partial charge in [0, 0.05) is 12.1 Å². The third-order valence-electron chi connectivity index (χ3n) is 5.26.